The molecule has 0 radical (unpaired) electrons. The lowest BCUT2D eigenvalue weighted by atomic mass is 9.95. The molecule has 0 unspecified atom stereocenters. The lowest BCUT2D eigenvalue weighted by molar-refractivity contribution is 0.460. The second kappa shape index (κ2) is 8.13. The van der Waals surface area contributed by atoms with E-state index < -0.39 is 0 Å². The van der Waals surface area contributed by atoms with Crippen LogP contribution in [-0.4, -0.2) is 20.2 Å². The number of nitrogens with zero attached hydrogens (tertiary/aromatic N) is 2. The first-order valence-electron chi connectivity index (χ1n) is 10.3. The molecule has 0 aliphatic rings. The minimum Gasteiger partial charge on any atom is -0.508 e. The molecule has 0 aliphatic heterocycles. The minimum absolute atomic E-state index is 0.0720. The highest BCUT2D eigenvalue weighted by molar-refractivity contribution is 6.00. The van der Waals surface area contributed by atoms with Crippen LogP contribution in [0.5, 0.6) is 11.6 Å². The number of phenolic OH excluding ortho intramolecular Hbond substituents is 1. The zero-order chi connectivity index (χ0) is 22.1. The van der Waals surface area contributed by atoms with E-state index in [1.54, 1.807) is 18.3 Å². The number of nitrogens with two attached hydrogens (primary N) is 1. The summed E-state index contributed by atoms with van der Waals surface area (Å²) in [5, 5.41) is 20.8. The molecule has 5 nitrogen and oxygen atoms in total. The zero-order valence-electron chi connectivity index (χ0n) is 17.2. The molecule has 2 heterocycles. The van der Waals surface area contributed by atoms with E-state index in [1.807, 2.05) is 72.8 Å². The number of hydrogen-bond acceptors (Lipinski definition) is 5. The van der Waals surface area contributed by atoms with E-state index in [-0.39, 0.29) is 11.6 Å². The van der Waals surface area contributed by atoms with Crippen molar-refractivity contribution in [3.05, 3.63) is 96.7 Å². The monoisotopic (exact) mass is 419 g/mol. The summed E-state index contributed by atoms with van der Waals surface area (Å²) in [5.74, 6) is 0.113. The van der Waals surface area contributed by atoms with Crippen LogP contribution in [-0.2, 0) is 6.54 Å². The summed E-state index contributed by atoms with van der Waals surface area (Å²) in [6, 6.07) is 26.8. The van der Waals surface area contributed by atoms with Gasteiger partial charge in [0.2, 0.25) is 5.88 Å². The predicted molar refractivity (Wildman–Crippen MR) is 127 cm³/mol. The zero-order valence-corrected chi connectivity index (χ0v) is 17.2. The number of fused-ring (bicyclic) bond motifs is 1. The van der Waals surface area contributed by atoms with Gasteiger partial charge < -0.3 is 15.9 Å². The lowest BCUT2D eigenvalue weighted by Gasteiger charge is -2.14. The predicted octanol–water partition coefficient (Wildman–Crippen LogP) is 5.50. The van der Waals surface area contributed by atoms with Gasteiger partial charge >= 0.3 is 0 Å². The van der Waals surface area contributed by atoms with Gasteiger partial charge in [-0.15, -0.1) is 0 Å². The molecule has 2 aromatic heterocycles. The first-order chi connectivity index (χ1) is 15.6. The van der Waals surface area contributed by atoms with E-state index in [9.17, 15) is 10.2 Å². The number of aromatic nitrogens is 2. The van der Waals surface area contributed by atoms with Crippen LogP contribution < -0.4 is 5.73 Å². The molecule has 0 fully saturated rings. The first kappa shape index (κ1) is 19.7. The molecule has 5 aromatic rings. The maximum absolute atomic E-state index is 10.6. The second-order valence-corrected chi connectivity index (χ2v) is 7.59. The molecule has 0 amide bonds. The van der Waals surface area contributed by atoms with Crippen molar-refractivity contribution in [1.29, 1.82) is 0 Å². The van der Waals surface area contributed by atoms with Gasteiger partial charge in [0.15, 0.2) is 0 Å². The van der Waals surface area contributed by atoms with Gasteiger partial charge in [0.25, 0.3) is 0 Å². The van der Waals surface area contributed by atoms with Crippen molar-refractivity contribution in [2.24, 2.45) is 5.73 Å². The van der Waals surface area contributed by atoms with Gasteiger partial charge in [0.05, 0.1) is 16.6 Å². The Hall–Kier alpha value is -4.22. The minimum atomic E-state index is -0.0720. The molecular weight excluding hydrogens is 398 g/mol. The quantitative estimate of drug-likeness (QED) is 0.358. The molecular formula is C27H21N3O2. The molecule has 5 rings (SSSR count). The third-order valence-electron chi connectivity index (χ3n) is 5.56. The van der Waals surface area contributed by atoms with Crippen molar-refractivity contribution in [3.63, 3.8) is 0 Å². The molecule has 0 spiro atoms. The number of phenols is 1. The van der Waals surface area contributed by atoms with Crippen molar-refractivity contribution < 1.29 is 10.2 Å². The Kier molecular flexibility index (Phi) is 5.01. The standard InChI is InChI=1S/C27H21N3O2/c28-15-17-6-8-20(9-7-17)25-22(18-4-2-1-3-5-18)14-23-26(30-25)24(16-29-27(23)32)19-10-12-21(31)13-11-19/h1-14,16,31H,15,28H2,(H,29,32). The Balaban J connectivity index is 1.82. The third kappa shape index (κ3) is 3.55. The number of hydrogen-bond donors (Lipinski definition) is 3. The highest BCUT2D eigenvalue weighted by atomic mass is 16.3. The van der Waals surface area contributed by atoms with Crippen LogP contribution in [0, 0.1) is 0 Å². The Labute approximate surface area is 185 Å². The fraction of sp³-hybridized carbons (Fsp3) is 0.0370. The van der Waals surface area contributed by atoms with Crippen LogP contribution in [0.4, 0.5) is 0 Å². The van der Waals surface area contributed by atoms with Crippen LogP contribution in [0.15, 0.2) is 91.1 Å². The average Bonchev–Trinajstić information content (AvgIpc) is 2.85. The third-order valence-corrected chi connectivity index (χ3v) is 5.56. The smallest absolute Gasteiger partial charge is 0.220 e. The van der Waals surface area contributed by atoms with Crippen LogP contribution in [0.3, 0.4) is 0 Å². The summed E-state index contributed by atoms with van der Waals surface area (Å²) >= 11 is 0. The first-order valence-corrected chi connectivity index (χ1v) is 10.3. The number of rotatable bonds is 4. The van der Waals surface area contributed by atoms with Crippen LogP contribution in [0.25, 0.3) is 44.4 Å². The largest absolute Gasteiger partial charge is 0.508 e. The molecule has 0 aliphatic carbocycles. The molecule has 0 saturated carbocycles. The van der Waals surface area contributed by atoms with Crippen molar-refractivity contribution in [3.8, 4) is 45.1 Å². The topological polar surface area (TPSA) is 92.3 Å². The molecule has 0 saturated heterocycles. The van der Waals surface area contributed by atoms with Gasteiger partial charge in [0, 0.05) is 29.4 Å². The van der Waals surface area contributed by atoms with E-state index in [0.29, 0.717) is 17.4 Å². The van der Waals surface area contributed by atoms with Crippen LogP contribution >= 0.6 is 0 Å². The normalized spacial score (nSPS) is 11.0. The Morgan fingerprint density at radius 2 is 1.38 bits per heavy atom. The number of benzene rings is 3. The maximum Gasteiger partial charge on any atom is 0.220 e. The molecule has 0 bridgehead atoms. The van der Waals surface area contributed by atoms with Crippen molar-refractivity contribution in [2.75, 3.05) is 0 Å². The van der Waals surface area contributed by atoms with Crippen molar-refractivity contribution in [2.45, 2.75) is 6.54 Å². The molecule has 156 valence electrons. The number of pyridine rings is 2. The van der Waals surface area contributed by atoms with Gasteiger partial charge in [0.1, 0.15) is 5.75 Å². The Morgan fingerprint density at radius 3 is 2.06 bits per heavy atom. The molecule has 3 aromatic carbocycles. The van der Waals surface area contributed by atoms with E-state index in [1.165, 1.54) is 0 Å². The van der Waals surface area contributed by atoms with E-state index >= 15 is 0 Å². The van der Waals surface area contributed by atoms with Gasteiger partial charge in [-0.2, -0.15) is 0 Å². The number of aromatic hydroxyl groups is 2. The van der Waals surface area contributed by atoms with E-state index in [4.69, 9.17) is 10.7 Å². The Bertz CT molecular complexity index is 1400. The van der Waals surface area contributed by atoms with Gasteiger partial charge in [-0.05, 0) is 34.9 Å². The van der Waals surface area contributed by atoms with Crippen LogP contribution in [0.2, 0.25) is 0 Å². The summed E-state index contributed by atoms with van der Waals surface area (Å²) in [4.78, 5) is 9.25. The van der Waals surface area contributed by atoms with E-state index in [0.717, 1.165) is 39.1 Å². The van der Waals surface area contributed by atoms with Crippen molar-refractivity contribution in [1.82, 2.24) is 9.97 Å². The van der Waals surface area contributed by atoms with E-state index in [2.05, 4.69) is 4.98 Å². The maximum atomic E-state index is 10.6. The molecule has 4 N–H and O–H groups in total. The summed E-state index contributed by atoms with van der Waals surface area (Å²) in [7, 11) is 0. The van der Waals surface area contributed by atoms with Gasteiger partial charge in [-0.25, -0.2) is 9.97 Å². The molecule has 0 atom stereocenters. The summed E-state index contributed by atoms with van der Waals surface area (Å²) in [6.07, 6.45) is 1.61. The average molecular weight is 419 g/mol. The Morgan fingerprint density at radius 1 is 0.719 bits per heavy atom. The molecule has 5 heteroatoms. The fourth-order valence-corrected chi connectivity index (χ4v) is 3.85. The van der Waals surface area contributed by atoms with Crippen molar-refractivity contribution >= 4 is 10.9 Å². The van der Waals surface area contributed by atoms with Gasteiger partial charge in [-0.1, -0.05) is 66.7 Å². The highest BCUT2D eigenvalue weighted by Gasteiger charge is 2.17. The summed E-state index contributed by atoms with van der Waals surface area (Å²) < 4.78 is 0. The highest BCUT2D eigenvalue weighted by Crippen LogP contribution is 2.39. The van der Waals surface area contributed by atoms with Gasteiger partial charge in [-0.3, -0.25) is 0 Å². The lowest BCUT2D eigenvalue weighted by Crippen LogP contribution is -1.97. The summed E-state index contributed by atoms with van der Waals surface area (Å²) in [6.45, 7) is 0.474. The molecule has 32 heavy (non-hydrogen) atoms. The summed E-state index contributed by atoms with van der Waals surface area (Å²) in [5.41, 5.74) is 12.7. The fourth-order valence-electron chi connectivity index (χ4n) is 3.85. The SMILES string of the molecule is NCc1ccc(-c2nc3c(-c4ccc(O)cc4)cnc(O)c3cc2-c2ccccc2)cc1. The van der Waals surface area contributed by atoms with Crippen LogP contribution in [0.1, 0.15) is 5.56 Å². The second-order valence-electron chi connectivity index (χ2n) is 7.59.